The zero-order valence-corrected chi connectivity index (χ0v) is 13.9. The lowest BCUT2D eigenvalue weighted by Gasteiger charge is -2.36. The number of hydrogen-bond donors (Lipinski definition) is 0. The molecule has 116 valence electrons. The van der Waals surface area contributed by atoms with Crippen LogP contribution in [0.4, 0.5) is 0 Å². The standard InChI is InChI=1S/C20H19O2P/c1-2-15-8-7-9-16(14-15)23(21)20-13-6-4-11-18(20)17-10-3-5-12-19(17)22-23/h3-14,17,19H,2H2,1H3. The van der Waals surface area contributed by atoms with Crippen molar-refractivity contribution in [2.24, 2.45) is 0 Å². The van der Waals surface area contributed by atoms with E-state index in [4.69, 9.17) is 4.52 Å². The minimum absolute atomic E-state index is 0.146. The van der Waals surface area contributed by atoms with E-state index in [1.165, 1.54) is 5.56 Å². The van der Waals surface area contributed by atoms with E-state index in [1.54, 1.807) is 0 Å². The number of fused-ring (bicyclic) bond motifs is 3. The summed E-state index contributed by atoms with van der Waals surface area (Å²) in [7, 11) is -3.07. The second-order valence-electron chi connectivity index (χ2n) is 6.00. The van der Waals surface area contributed by atoms with Gasteiger partial charge in [0.05, 0.1) is 6.10 Å². The van der Waals surface area contributed by atoms with Gasteiger partial charge in [0.25, 0.3) is 7.37 Å². The molecule has 0 radical (unpaired) electrons. The van der Waals surface area contributed by atoms with Crippen molar-refractivity contribution in [2.75, 3.05) is 0 Å². The maximum absolute atomic E-state index is 13.9. The molecule has 0 saturated heterocycles. The summed E-state index contributed by atoms with van der Waals surface area (Å²) in [6.07, 6.45) is 8.92. The Morgan fingerprint density at radius 1 is 1.04 bits per heavy atom. The van der Waals surface area contributed by atoms with Gasteiger partial charge in [-0.1, -0.05) is 61.6 Å². The number of allylic oxidation sites excluding steroid dienone is 2. The van der Waals surface area contributed by atoms with Crippen molar-refractivity contribution < 1.29 is 9.09 Å². The van der Waals surface area contributed by atoms with Crippen LogP contribution in [0.2, 0.25) is 0 Å². The van der Waals surface area contributed by atoms with E-state index in [9.17, 15) is 4.57 Å². The summed E-state index contributed by atoms with van der Waals surface area (Å²) in [5.41, 5.74) is 2.30. The maximum Gasteiger partial charge on any atom is 0.262 e. The van der Waals surface area contributed by atoms with E-state index >= 15 is 0 Å². The van der Waals surface area contributed by atoms with Crippen LogP contribution in [-0.4, -0.2) is 6.10 Å². The minimum atomic E-state index is -3.07. The van der Waals surface area contributed by atoms with Crippen LogP contribution in [0, 0.1) is 0 Å². The molecule has 1 aliphatic carbocycles. The Labute approximate surface area is 137 Å². The second-order valence-corrected chi connectivity index (χ2v) is 8.31. The van der Waals surface area contributed by atoms with E-state index < -0.39 is 7.37 Å². The van der Waals surface area contributed by atoms with E-state index in [1.807, 2.05) is 54.6 Å². The van der Waals surface area contributed by atoms with Crippen LogP contribution in [0.15, 0.2) is 72.8 Å². The molecule has 0 spiro atoms. The Kier molecular flexibility index (Phi) is 3.60. The van der Waals surface area contributed by atoms with Crippen molar-refractivity contribution in [1.29, 1.82) is 0 Å². The molecule has 0 amide bonds. The monoisotopic (exact) mass is 322 g/mol. The summed E-state index contributed by atoms with van der Waals surface area (Å²) in [5, 5.41) is 1.64. The molecule has 1 aliphatic heterocycles. The van der Waals surface area contributed by atoms with Gasteiger partial charge in [-0.2, -0.15) is 0 Å². The third-order valence-corrected chi connectivity index (χ3v) is 7.17. The van der Waals surface area contributed by atoms with E-state index in [2.05, 4.69) is 25.1 Å². The summed E-state index contributed by atoms with van der Waals surface area (Å²) >= 11 is 0. The predicted octanol–water partition coefficient (Wildman–Crippen LogP) is 4.09. The molecular formula is C20H19O2P. The molecule has 0 aromatic heterocycles. The Hall–Kier alpha value is -1.89. The van der Waals surface area contributed by atoms with Gasteiger partial charge >= 0.3 is 0 Å². The topological polar surface area (TPSA) is 26.3 Å². The Bertz CT molecular complexity index is 850. The molecule has 23 heavy (non-hydrogen) atoms. The summed E-state index contributed by atoms with van der Waals surface area (Å²) in [6, 6.07) is 16.0. The van der Waals surface area contributed by atoms with Crippen LogP contribution in [0.1, 0.15) is 24.0 Å². The maximum atomic E-state index is 13.9. The normalized spacial score (nSPS) is 28.2. The van der Waals surface area contributed by atoms with Crippen LogP contribution in [-0.2, 0) is 15.5 Å². The number of benzene rings is 2. The molecule has 1 heterocycles. The Morgan fingerprint density at radius 2 is 1.87 bits per heavy atom. The molecule has 3 unspecified atom stereocenters. The summed E-state index contributed by atoms with van der Waals surface area (Å²) in [6.45, 7) is 2.11. The fourth-order valence-electron chi connectivity index (χ4n) is 3.39. The Morgan fingerprint density at radius 3 is 2.74 bits per heavy atom. The van der Waals surface area contributed by atoms with Gasteiger partial charge < -0.3 is 4.52 Å². The van der Waals surface area contributed by atoms with Gasteiger partial charge in [-0.05, 0) is 35.7 Å². The van der Waals surface area contributed by atoms with E-state index in [0.717, 1.165) is 22.6 Å². The first kappa shape index (κ1) is 14.7. The molecule has 2 aromatic carbocycles. The largest absolute Gasteiger partial charge is 0.314 e. The highest BCUT2D eigenvalue weighted by atomic mass is 31.2. The molecule has 0 N–H and O–H groups in total. The molecule has 0 bridgehead atoms. The summed E-state index contributed by atoms with van der Waals surface area (Å²) < 4.78 is 20.1. The highest BCUT2D eigenvalue weighted by Crippen LogP contribution is 2.54. The smallest absolute Gasteiger partial charge is 0.262 e. The lowest BCUT2D eigenvalue weighted by atomic mass is 9.90. The van der Waals surface area contributed by atoms with Crippen LogP contribution in [0.3, 0.4) is 0 Å². The third-order valence-electron chi connectivity index (χ3n) is 4.63. The quantitative estimate of drug-likeness (QED) is 0.779. The van der Waals surface area contributed by atoms with Crippen LogP contribution >= 0.6 is 7.37 Å². The van der Waals surface area contributed by atoms with Crippen LogP contribution in [0.5, 0.6) is 0 Å². The highest BCUT2D eigenvalue weighted by molar-refractivity contribution is 7.74. The van der Waals surface area contributed by atoms with E-state index in [0.29, 0.717) is 0 Å². The van der Waals surface area contributed by atoms with Gasteiger partial charge in [0.1, 0.15) is 0 Å². The lowest BCUT2D eigenvalue weighted by Crippen LogP contribution is -2.35. The SMILES string of the molecule is CCc1cccc(P2(=O)OC3C=CC=CC3c3ccccc32)c1. The van der Waals surface area contributed by atoms with Crippen molar-refractivity contribution >= 4 is 18.0 Å². The fourth-order valence-corrected chi connectivity index (χ4v) is 5.91. The molecule has 0 fully saturated rings. The van der Waals surface area contributed by atoms with E-state index in [-0.39, 0.29) is 12.0 Å². The van der Waals surface area contributed by atoms with Crippen LogP contribution < -0.4 is 10.6 Å². The predicted molar refractivity (Wildman–Crippen MR) is 95.0 cm³/mol. The molecular weight excluding hydrogens is 303 g/mol. The van der Waals surface area contributed by atoms with Gasteiger partial charge in [-0.15, -0.1) is 0 Å². The number of aryl methyl sites for hydroxylation is 1. The van der Waals surface area contributed by atoms with Gasteiger partial charge in [-0.3, -0.25) is 4.57 Å². The first-order valence-corrected chi connectivity index (χ1v) is 9.67. The molecule has 2 nitrogen and oxygen atoms in total. The van der Waals surface area contributed by atoms with Gasteiger partial charge in [0.2, 0.25) is 0 Å². The van der Waals surface area contributed by atoms with Crippen molar-refractivity contribution in [1.82, 2.24) is 0 Å². The van der Waals surface area contributed by atoms with Gasteiger partial charge in [0, 0.05) is 16.5 Å². The van der Waals surface area contributed by atoms with Crippen molar-refractivity contribution in [2.45, 2.75) is 25.4 Å². The van der Waals surface area contributed by atoms with Gasteiger partial charge in [-0.25, -0.2) is 0 Å². The highest BCUT2D eigenvalue weighted by Gasteiger charge is 2.42. The molecule has 2 aromatic rings. The first-order valence-electron chi connectivity index (χ1n) is 8.05. The van der Waals surface area contributed by atoms with Crippen molar-refractivity contribution in [3.05, 3.63) is 84.0 Å². The molecule has 3 atom stereocenters. The summed E-state index contributed by atoms with van der Waals surface area (Å²) in [5.74, 6) is 0.146. The van der Waals surface area contributed by atoms with Gasteiger partial charge in [0.15, 0.2) is 0 Å². The average molecular weight is 322 g/mol. The fraction of sp³-hybridized carbons (Fsp3) is 0.200. The zero-order valence-electron chi connectivity index (χ0n) is 13.1. The average Bonchev–Trinajstić information content (AvgIpc) is 2.62. The van der Waals surface area contributed by atoms with Crippen molar-refractivity contribution in [3.63, 3.8) is 0 Å². The second kappa shape index (κ2) is 5.63. The number of rotatable bonds is 2. The zero-order chi connectivity index (χ0) is 15.9. The molecule has 2 aliphatic rings. The molecule has 0 saturated carbocycles. The minimum Gasteiger partial charge on any atom is -0.314 e. The lowest BCUT2D eigenvalue weighted by molar-refractivity contribution is 0.236. The Balaban J connectivity index is 1.92. The van der Waals surface area contributed by atoms with Crippen LogP contribution in [0.25, 0.3) is 0 Å². The molecule has 4 rings (SSSR count). The van der Waals surface area contributed by atoms with Crippen molar-refractivity contribution in [3.8, 4) is 0 Å². The molecule has 3 heteroatoms. The first-order chi connectivity index (χ1) is 11.2. The summed E-state index contributed by atoms with van der Waals surface area (Å²) in [4.78, 5) is 0. The third kappa shape index (κ3) is 2.34. The number of hydrogen-bond acceptors (Lipinski definition) is 2.